The Balaban J connectivity index is 3.10. The minimum Gasteiger partial charge on any atom is -0.460 e. The molecule has 1 amide bonds. The van der Waals surface area contributed by atoms with E-state index >= 15 is 0 Å². The molecule has 0 spiro atoms. The summed E-state index contributed by atoms with van der Waals surface area (Å²) in [6.45, 7) is 17.2. The quantitative estimate of drug-likeness (QED) is 0.411. The predicted molar refractivity (Wildman–Crippen MR) is 138 cm³/mol. The van der Waals surface area contributed by atoms with E-state index in [1.165, 1.54) is 0 Å². The zero-order valence-corrected chi connectivity index (χ0v) is 23.2. The first-order valence-corrected chi connectivity index (χ1v) is 12.5. The van der Waals surface area contributed by atoms with Crippen LogP contribution in [0.4, 0.5) is 4.79 Å². The predicted octanol–water partition coefficient (Wildman–Crippen LogP) is 5.21. The molecule has 2 atom stereocenters. The molecule has 1 rings (SSSR count). The Morgan fingerprint density at radius 2 is 1.40 bits per heavy atom. The molecule has 7 heteroatoms. The Bertz CT molecular complexity index is 784. The number of ether oxygens (including phenoxy) is 3. The van der Waals surface area contributed by atoms with Crippen molar-refractivity contribution >= 4 is 12.1 Å². The molecule has 0 heterocycles. The third kappa shape index (κ3) is 14.8. The van der Waals surface area contributed by atoms with Gasteiger partial charge in [0, 0.05) is 6.61 Å². The number of aliphatic hydroxyl groups is 1. The van der Waals surface area contributed by atoms with Crippen LogP contribution in [0.5, 0.6) is 0 Å². The maximum atomic E-state index is 13.2. The smallest absolute Gasteiger partial charge is 0.407 e. The molecule has 0 aliphatic rings. The van der Waals surface area contributed by atoms with Crippen molar-refractivity contribution < 1.29 is 28.9 Å². The summed E-state index contributed by atoms with van der Waals surface area (Å²) >= 11 is 0. The second-order valence-corrected chi connectivity index (χ2v) is 12.1. The van der Waals surface area contributed by atoms with E-state index in [4.69, 9.17) is 19.3 Å². The standard InChI is InChI=1S/C28H47NO6/c1-26(2,3)33-19-23(29-25(32)35-28(7,8)9)18-22(24(31)34-27(4,5)6)17-21-14-12-20(13-15-21)11-10-16-30/h12-15,22-23,30H,10-11,16-19H2,1-9H3,(H,29,32). The molecule has 0 saturated carbocycles. The van der Waals surface area contributed by atoms with Gasteiger partial charge >= 0.3 is 12.1 Å². The SMILES string of the molecule is CC(C)(C)OCC(CC(Cc1ccc(CCCO)cc1)C(=O)OC(C)(C)C)NC(=O)OC(C)(C)C. The fourth-order valence-corrected chi connectivity index (χ4v) is 3.39. The van der Waals surface area contributed by atoms with Gasteiger partial charge in [0.25, 0.3) is 0 Å². The Morgan fingerprint density at radius 1 is 0.857 bits per heavy atom. The molecular formula is C28H47NO6. The maximum absolute atomic E-state index is 13.2. The number of hydrogen-bond acceptors (Lipinski definition) is 6. The second kappa shape index (κ2) is 13.3. The van der Waals surface area contributed by atoms with Gasteiger partial charge in [-0.3, -0.25) is 4.79 Å². The fraction of sp³-hybridized carbons (Fsp3) is 0.714. The lowest BCUT2D eigenvalue weighted by molar-refractivity contribution is -0.160. The summed E-state index contributed by atoms with van der Waals surface area (Å²) in [6.07, 6.45) is 1.79. The van der Waals surface area contributed by atoms with E-state index in [1.807, 2.05) is 65.8 Å². The molecule has 35 heavy (non-hydrogen) atoms. The van der Waals surface area contributed by atoms with Crippen molar-refractivity contribution in [2.75, 3.05) is 13.2 Å². The summed E-state index contributed by atoms with van der Waals surface area (Å²) in [5.74, 6) is -0.797. The van der Waals surface area contributed by atoms with Crippen molar-refractivity contribution in [2.24, 2.45) is 5.92 Å². The first kappa shape index (κ1) is 30.9. The van der Waals surface area contributed by atoms with E-state index in [0.29, 0.717) is 19.3 Å². The second-order valence-electron chi connectivity index (χ2n) is 12.1. The number of amides is 1. The number of carbonyl (C=O) groups excluding carboxylic acids is 2. The van der Waals surface area contributed by atoms with Gasteiger partial charge in [0.05, 0.1) is 24.2 Å². The first-order chi connectivity index (χ1) is 16.0. The van der Waals surface area contributed by atoms with Crippen LogP contribution < -0.4 is 5.32 Å². The Hall–Kier alpha value is -2.12. The lowest BCUT2D eigenvalue weighted by Gasteiger charge is -2.30. The highest BCUT2D eigenvalue weighted by Gasteiger charge is 2.30. The third-order valence-electron chi connectivity index (χ3n) is 4.88. The summed E-state index contributed by atoms with van der Waals surface area (Å²) < 4.78 is 17.1. The average molecular weight is 494 g/mol. The maximum Gasteiger partial charge on any atom is 0.407 e. The molecule has 7 nitrogen and oxygen atoms in total. The topological polar surface area (TPSA) is 94.1 Å². The molecule has 1 aromatic rings. The number of aliphatic hydroxyl groups excluding tert-OH is 1. The number of alkyl carbamates (subject to hydrolysis) is 1. The molecule has 0 aliphatic carbocycles. The number of carbonyl (C=O) groups is 2. The number of esters is 1. The van der Waals surface area contributed by atoms with Gasteiger partial charge in [0.1, 0.15) is 11.2 Å². The largest absolute Gasteiger partial charge is 0.460 e. The van der Waals surface area contributed by atoms with Gasteiger partial charge in [-0.05, 0) is 99.1 Å². The number of hydrogen-bond donors (Lipinski definition) is 2. The van der Waals surface area contributed by atoms with Crippen LogP contribution in [0, 0.1) is 5.92 Å². The molecule has 0 aliphatic heterocycles. The highest BCUT2D eigenvalue weighted by molar-refractivity contribution is 5.74. The number of benzene rings is 1. The average Bonchev–Trinajstić information content (AvgIpc) is 2.67. The van der Waals surface area contributed by atoms with Crippen LogP contribution in [-0.2, 0) is 31.8 Å². The summed E-state index contributed by atoms with van der Waals surface area (Å²) in [6, 6.07) is 7.62. The van der Waals surface area contributed by atoms with E-state index in [9.17, 15) is 9.59 Å². The molecule has 0 aromatic heterocycles. The van der Waals surface area contributed by atoms with Crippen LogP contribution in [-0.4, -0.2) is 53.2 Å². The van der Waals surface area contributed by atoms with Gasteiger partial charge in [-0.25, -0.2) is 4.79 Å². The van der Waals surface area contributed by atoms with Gasteiger partial charge in [0.2, 0.25) is 0 Å². The highest BCUT2D eigenvalue weighted by atomic mass is 16.6. The third-order valence-corrected chi connectivity index (χ3v) is 4.88. The van der Waals surface area contributed by atoms with Crippen LogP contribution in [0.3, 0.4) is 0 Å². The zero-order valence-electron chi connectivity index (χ0n) is 23.2. The molecule has 0 fully saturated rings. The summed E-state index contributed by atoms with van der Waals surface area (Å²) in [7, 11) is 0. The Labute approximate surface area is 211 Å². The van der Waals surface area contributed by atoms with Gasteiger partial charge in [-0.15, -0.1) is 0 Å². The minimum atomic E-state index is -0.637. The Morgan fingerprint density at radius 3 is 1.89 bits per heavy atom. The van der Waals surface area contributed by atoms with Crippen LogP contribution in [0.15, 0.2) is 24.3 Å². The molecule has 0 bridgehead atoms. The number of rotatable bonds is 11. The molecule has 0 radical (unpaired) electrons. The zero-order chi connectivity index (χ0) is 26.9. The van der Waals surface area contributed by atoms with Crippen molar-refractivity contribution in [1.29, 1.82) is 0 Å². The van der Waals surface area contributed by atoms with Gasteiger partial charge in [0.15, 0.2) is 0 Å². The molecular weight excluding hydrogens is 446 g/mol. The van der Waals surface area contributed by atoms with Gasteiger partial charge < -0.3 is 24.6 Å². The van der Waals surface area contributed by atoms with Crippen molar-refractivity contribution in [2.45, 2.75) is 111 Å². The normalized spacial score (nSPS) is 14.2. The van der Waals surface area contributed by atoms with Crippen molar-refractivity contribution in [1.82, 2.24) is 5.32 Å². The molecule has 200 valence electrons. The summed E-state index contributed by atoms with van der Waals surface area (Å²) in [5, 5.41) is 12.0. The van der Waals surface area contributed by atoms with Crippen LogP contribution in [0.1, 0.15) is 86.3 Å². The molecule has 2 N–H and O–H groups in total. The summed E-state index contributed by atoms with van der Waals surface area (Å²) in [4.78, 5) is 25.7. The number of aryl methyl sites for hydroxylation is 1. The lowest BCUT2D eigenvalue weighted by atomic mass is 9.91. The monoisotopic (exact) mass is 493 g/mol. The first-order valence-electron chi connectivity index (χ1n) is 12.5. The Kier molecular flexibility index (Phi) is 11.7. The number of nitrogens with one attached hydrogen (secondary N) is 1. The van der Waals surface area contributed by atoms with Gasteiger partial charge in [-0.1, -0.05) is 24.3 Å². The lowest BCUT2D eigenvalue weighted by Crippen LogP contribution is -2.45. The van der Waals surface area contributed by atoms with E-state index < -0.39 is 34.9 Å². The summed E-state index contributed by atoms with van der Waals surface area (Å²) in [5.41, 5.74) is 0.474. The van der Waals surface area contributed by atoms with E-state index in [2.05, 4.69) is 5.32 Å². The molecule has 0 saturated heterocycles. The van der Waals surface area contributed by atoms with Gasteiger partial charge in [-0.2, -0.15) is 0 Å². The van der Waals surface area contributed by atoms with Crippen molar-refractivity contribution in [3.63, 3.8) is 0 Å². The van der Waals surface area contributed by atoms with E-state index in [0.717, 1.165) is 17.5 Å². The van der Waals surface area contributed by atoms with Crippen LogP contribution in [0.2, 0.25) is 0 Å². The molecule has 1 aromatic carbocycles. The van der Waals surface area contributed by atoms with Crippen LogP contribution in [0.25, 0.3) is 0 Å². The van der Waals surface area contributed by atoms with Crippen molar-refractivity contribution in [3.05, 3.63) is 35.4 Å². The van der Waals surface area contributed by atoms with Crippen molar-refractivity contribution in [3.8, 4) is 0 Å². The van der Waals surface area contributed by atoms with E-state index in [-0.39, 0.29) is 19.2 Å². The minimum absolute atomic E-state index is 0.158. The fourth-order valence-electron chi connectivity index (χ4n) is 3.39. The highest BCUT2D eigenvalue weighted by Crippen LogP contribution is 2.22. The van der Waals surface area contributed by atoms with Crippen LogP contribution >= 0.6 is 0 Å². The van der Waals surface area contributed by atoms with E-state index in [1.54, 1.807) is 20.8 Å². The molecule has 2 unspecified atom stereocenters.